The van der Waals surface area contributed by atoms with Crippen molar-refractivity contribution in [2.24, 2.45) is 0 Å². The largest absolute Gasteiger partial charge is 0.398 e. The number of hydrogen-bond donors (Lipinski definition) is 2. The van der Waals surface area contributed by atoms with Crippen molar-refractivity contribution in [3.05, 3.63) is 64.4 Å². The van der Waals surface area contributed by atoms with E-state index in [2.05, 4.69) is 5.32 Å². The number of amides is 1. The molecular formula is C14H12ClFN2O. The van der Waals surface area contributed by atoms with Gasteiger partial charge in [0.05, 0.1) is 5.56 Å². The van der Waals surface area contributed by atoms with Crippen LogP contribution in [-0.4, -0.2) is 5.91 Å². The monoisotopic (exact) mass is 278 g/mol. The molecule has 0 fully saturated rings. The molecule has 0 heterocycles. The molecule has 0 aliphatic heterocycles. The summed E-state index contributed by atoms with van der Waals surface area (Å²) in [5.74, 6) is -0.905. The van der Waals surface area contributed by atoms with Crippen LogP contribution in [0.25, 0.3) is 0 Å². The minimum absolute atomic E-state index is 0.133. The second kappa shape index (κ2) is 5.71. The third-order valence-electron chi connectivity index (χ3n) is 2.63. The second-order valence-electron chi connectivity index (χ2n) is 4.04. The fourth-order valence-corrected chi connectivity index (χ4v) is 1.73. The first-order valence-corrected chi connectivity index (χ1v) is 6.02. The van der Waals surface area contributed by atoms with Crippen LogP contribution in [0.1, 0.15) is 15.9 Å². The molecule has 3 N–H and O–H groups in total. The Kier molecular flexibility index (Phi) is 4.02. The molecule has 1 amide bonds. The van der Waals surface area contributed by atoms with Crippen molar-refractivity contribution in [3.63, 3.8) is 0 Å². The predicted molar refractivity (Wildman–Crippen MR) is 73.4 cm³/mol. The van der Waals surface area contributed by atoms with Gasteiger partial charge >= 0.3 is 0 Å². The first-order valence-electron chi connectivity index (χ1n) is 5.64. The lowest BCUT2D eigenvalue weighted by Crippen LogP contribution is -2.23. The van der Waals surface area contributed by atoms with E-state index in [1.165, 1.54) is 12.1 Å². The number of nitrogens with two attached hydrogens (primary N) is 1. The van der Waals surface area contributed by atoms with E-state index in [1.807, 2.05) is 0 Å². The van der Waals surface area contributed by atoms with Gasteiger partial charge in [-0.3, -0.25) is 4.79 Å². The molecule has 19 heavy (non-hydrogen) atoms. The van der Waals surface area contributed by atoms with E-state index >= 15 is 0 Å². The van der Waals surface area contributed by atoms with Gasteiger partial charge < -0.3 is 11.1 Å². The van der Waals surface area contributed by atoms with Gasteiger partial charge in [0.25, 0.3) is 5.91 Å². The highest BCUT2D eigenvalue weighted by Crippen LogP contribution is 2.14. The molecule has 0 atom stereocenters. The number of carbonyl (C=O) groups is 1. The van der Waals surface area contributed by atoms with Crippen LogP contribution >= 0.6 is 11.6 Å². The topological polar surface area (TPSA) is 55.1 Å². The van der Waals surface area contributed by atoms with Gasteiger partial charge in [0.15, 0.2) is 0 Å². The van der Waals surface area contributed by atoms with Gasteiger partial charge in [-0.15, -0.1) is 0 Å². The van der Waals surface area contributed by atoms with Crippen molar-refractivity contribution >= 4 is 23.2 Å². The number of halogens is 2. The van der Waals surface area contributed by atoms with E-state index in [9.17, 15) is 9.18 Å². The van der Waals surface area contributed by atoms with Crippen LogP contribution in [-0.2, 0) is 6.54 Å². The van der Waals surface area contributed by atoms with Crippen LogP contribution in [0, 0.1) is 5.82 Å². The summed E-state index contributed by atoms with van der Waals surface area (Å²) in [4.78, 5) is 11.9. The summed E-state index contributed by atoms with van der Waals surface area (Å²) in [6.45, 7) is 0.325. The van der Waals surface area contributed by atoms with Gasteiger partial charge in [-0.2, -0.15) is 0 Å². The molecule has 0 aliphatic carbocycles. The zero-order valence-corrected chi connectivity index (χ0v) is 10.7. The lowest BCUT2D eigenvalue weighted by molar-refractivity contribution is 0.0951. The molecule has 2 aromatic rings. The Hall–Kier alpha value is -2.07. The van der Waals surface area contributed by atoms with Crippen LogP contribution in [0.2, 0.25) is 5.02 Å². The predicted octanol–water partition coefficient (Wildman–Crippen LogP) is 2.99. The molecular weight excluding hydrogens is 267 g/mol. The van der Waals surface area contributed by atoms with Crippen LogP contribution in [0.4, 0.5) is 10.1 Å². The average Bonchev–Trinajstić information content (AvgIpc) is 2.40. The summed E-state index contributed by atoms with van der Waals surface area (Å²) in [7, 11) is 0. The van der Waals surface area contributed by atoms with Gasteiger partial charge in [0, 0.05) is 17.3 Å². The standard InChI is InChI=1S/C14H12ClFN2O/c15-10-3-1-9(2-4-10)8-18-14(19)12-7-11(16)5-6-13(12)17/h1-7H,8,17H2,(H,18,19). The molecule has 0 saturated carbocycles. The fourth-order valence-electron chi connectivity index (χ4n) is 1.60. The van der Waals surface area contributed by atoms with Crippen molar-refractivity contribution in [3.8, 4) is 0 Å². The average molecular weight is 279 g/mol. The molecule has 0 unspecified atom stereocenters. The highest BCUT2D eigenvalue weighted by molar-refractivity contribution is 6.30. The summed E-state index contributed by atoms with van der Waals surface area (Å²) in [5, 5.41) is 3.30. The molecule has 0 spiro atoms. The van der Waals surface area contributed by atoms with Gasteiger partial charge in [-0.05, 0) is 35.9 Å². The normalized spacial score (nSPS) is 10.2. The van der Waals surface area contributed by atoms with E-state index in [0.717, 1.165) is 11.6 Å². The first kappa shape index (κ1) is 13.4. The summed E-state index contributed by atoms with van der Waals surface area (Å²) in [6.07, 6.45) is 0. The summed E-state index contributed by atoms with van der Waals surface area (Å²) in [5.41, 5.74) is 6.91. The van der Waals surface area contributed by atoms with Crippen molar-refractivity contribution in [1.29, 1.82) is 0 Å². The zero-order chi connectivity index (χ0) is 13.8. The minimum atomic E-state index is -0.495. The number of carbonyl (C=O) groups excluding carboxylic acids is 1. The van der Waals surface area contributed by atoms with E-state index in [4.69, 9.17) is 17.3 Å². The highest BCUT2D eigenvalue weighted by atomic mass is 35.5. The Bertz CT molecular complexity index is 599. The molecule has 0 aromatic heterocycles. The second-order valence-corrected chi connectivity index (χ2v) is 4.48. The molecule has 0 aliphatic rings. The Labute approximate surface area is 115 Å². The van der Waals surface area contributed by atoms with Crippen LogP contribution in [0.5, 0.6) is 0 Å². The molecule has 98 valence electrons. The van der Waals surface area contributed by atoms with Crippen LogP contribution in [0.3, 0.4) is 0 Å². The summed E-state index contributed by atoms with van der Waals surface area (Å²) >= 11 is 5.76. The Morgan fingerprint density at radius 2 is 1.89 bits per heavy atom. The highest BCUT2D eigenvalue weighted by Gasteiger charge is 2.10. The number of rotatable bonds is 3. The quantitative estimate of drug-likeness (QED) is 0.848. The maximum absolute atomic E-state index is 13.1. The Morgan fingerprint density at radius 1 is 1.21 bits per heavy atom. The van der Waals surface area contributed by atoms with E-state index in [-0.39, 0.29) is 11.3 Å². The molecule has 2 aromatic carbocycles. The molecule has 0 radical (unpaired) electrons. The number of anilines is 1. The van der Waals surface area contributed by atoms with Gasteiger partial charge in [-0.25, -0.2) is 4.39 Å². The van der Waals surface area contributed by atoms with Crippen molar-refractivity contribution < 1.29 is 9.18 Å². The van der Waals surface area contributed by atoms with Gasteiger partial charge in [0.1, 0.15) is 5.82 Å². The minimum Gasteiger partial charge on any atom is -0.398 e. The van der Waals surface area contributed by atoms with Gasteiger partial charge in [0.2, 0.25) is 0 Å². The molecule has 0 bridgehead atoms. The summed E-state index contributed by atoms with van der Waals surface area (Å²) in [6, 6.07) is 10.8. The number of benzene rings is 2. The number of nitrogens with one attached hydrogen (secondary N) is 1. The Balaban J connectivity index is 2.05. The third kappa shape index (κ3) is 3.45. The molecule has 0 saturated heterocycles. The summed E-state index contributed by atoms with van der Waals surface area (Å²) < 4.78 is 13.1. The van der Waals surface area contributed by atoms with Crippen molar-refractivity contribution in [2.75, 3.05) is 5.73 Å². The lowest BCUT2D eigenvalue weighted by atomic mass is 10.1. The Morgan fingerprint density at radius 3 is 2.58 bits per heavy atom. The van der Waals surface area contributed by atoms with E-state index < -0.39 is 11.7 Å². The third-order valence-corrected chi connectivity index (χ3v) is 2.88. The number of nitrogen functional groups attached to an aromatic ring is 1. The lowest BCUT2D eigenvalue weighted by Gasteiger charge is -2.08. The number of hydrogen-bond acceptors (Lipinski definition) is 2. The van der Waals surface area contributed by atoms with Gasteiger partial charge in [-0.1, -0.05) is 23.7 Å². The smallest absolute Gasteiger partial charge is 0.253 e. The fraction of sp³-hybridized carbons (Fsp3) is 0.0714. The SMILES string of the molecule is Nc1ccc(F)cc1C(=O)NCc1ccc(Cl)cc1. The molecule has 3 nitrogen and oxygen atoms in total. The van der Waals surface area contributed by atoms with E-state index in [1.54, 1.807) is 24.3 Å². The maximum Gasteiger partial charge on any atom is 0.253 e. The maximum atomic E-state index is 13.1. The zero-order valence-electron chi connectivity index (χ0n) is 9.99. The van der Waals surface area contributed by atoms with Crippen LogP contribution in [0.15, 0.2) is 42.5 Å². The van der Waals surface area contributed by atoms with Crippen molar-refractivity contribution in [2.45, 2.75) is 6.54 Å². The first-order chi connectivity index (χ1) is 9.06. The van der Waals surface area contributed by atoms with E-state index in [0.29, 0.717) is 11.6 Å². The van der Waals surface area contributed by atoms with Crippen molar-refractivity contribution in [1.82, 2.24) is 5.32 Å². The molecule has 5 heteroatoms. The van der Waals surface area contributed by atoms with Crippen LogP contribution < -0.4 is 11.1 Å². The molecule has 2 rings (SSSR count).